The molecule has 1 saturated heterocycles. The highest BCUT2D eigenvalue weighted by molar-refractivity contribution is 7.10. The van der Waals surface area contributed by atoms with Gasteiger partial charge in [-0.15, -0.1) is 11.3 Å². The van der Waals surface area contributed by atoms with Crippen molar-refractivity contribution in [1.29, 1.82) is 0 Å². The molecular weight excluding hydrogens is 398 g/mol. The standard InChI is InChI=1S/C23H29N3O3S/c1-15-16(2)20(29-3)5-4-17(15)13-25-10-8-24-23(28)19(25)12-22(27)26-9-6-21-18(14-26)7-11-30-21/h4-5,7,11,19H,6,8-10,12-14H2,1-3H3,(H,24,28). The number of benzene rings is 1. The lowest BCUT2D eigenvalue weighted by molar-refractivity contribution is -0.139. The Hall–Kier alpha value is -2.38. The number of ether oxygens (including phenoxy) is 1. The summed E-state index contributed by atoms with van der Waals surface area (Å²) in [6.45, 7) is 7.53. The molecule has 2 amide bonds. The van der Waals surface area contributed by atoms with Crippen LogP contribution in [0.3, 0.4) is 0 Å². The van der Waals surface area contributed by atoms with Crippen LogP contribution in [0.5, 0.6) is 5.75 Å². The zero-order valence-corrected chi connectivity index (χ0v) is 18.7. The Morgan fingerprint density at radius 3 is 2.87 bits per heavy atom. The third-order valence-electron chi connectivity index (χ3n) is 6.41. The molecule has 0 bridgehead atoms. The molecule has 6 nitrogen and oxygen atoms in total. The van der Waals surface area contributed by atoms with Crippen LogP contribution in [0.1, 0.15) is 33.6 Å². The van der Waals surface area contributed by atoms with Crippen molar-refractivity contribution >= 4 is 23.2 Å². The molecular formula is C23H29N3O3S. The van der Waals surface area contributed by atoms with E-state index in [-0.39, 0.29) is 18.2 Å². The molecule has 0 saturated carbocycles. The Bertz CT molecular complexity index is 955. The minimum Gasteiger partial charge on any atom is -0.496 e. The Balaban J connectivity index is 1.48. The van der Waals surface area contributed by atoms with Gasteiger partial charge in [-0.2, -0.15) is 0 Å². The number of amides is 2. The average Bonchev–Trinajstić information content (AvgIpc) is 3.22. The summed E-state index contributed by atoms with van der Waals surface area (Å²) in [4.78, 5) is 31.2. The van der Waals surface area contributed by atoms with Gasteiger partial charge in [0.1, 0.15) is 5.75 Å². The predicted octanol–water partition coefficient (Wildman–Crippen LogP) is 2.65. The van der Waals surface area contributed by atoms with Gasteiger partial charge in [-0.05, 0) is 60.0 Å². The molecule has 7 heteroatoms. The van der Waals surface area contributed by atoms with E-state index in [9.17, 15) is 9.59 Å². The van der Waals surface area contributed by atoms with Gasteiger partial charge in [0.05, 0.1) is 19.6 Å². The van der Waals surface area contributed by atoms with E-state index in [4.69, 9.17) is 4.74 Å². The molecule has 4 rings (SSSR count). The first kappa shape index (κ1) is 20.9. The van der Waals surface area contributed by atoms with Crippen LogP contribution >= 0.6 is 11.3 Å². The normalized spacial score (nSPS) is 19.4. The summed E-state index contributed by atoms with van der Waals surface area (Å²) in [7, 11) is 1.68. The lowest BCUT2D eigenvalue weighted by Crippen LogP contribution is -2.56. The SMILES string of the molecule is COc1ccc(CN2CCNC(=O)C2CC(=O)N2CCc3sccc3C2)c(C)c1C. The van der Waals surface area contributed by atoms with Gasteiger partial charge in [-0.3, -0.25) is 14.5 Å². The Labute approximate surface area is 181 Å². The number of piperazine rings is 1. The summed E-state index contributed by atoms with van der Waals surface area (Å²) in [5.74, 6) is 0.879. The second-order valence-corrected chi connectivity index (χ2v) is 9.09. The van der Waals surface area contributed by atoms with Crippen LogP contribution in [-0.4, -0.2) is 54.4 Å². The van der Waals surface area contributed by atoms with Gasteiger partial charge in [0.2, 0.25) is 11.8 Å². The van der Waals surface area contributed by atoms with Crippen LogP contribution in [0.4, 0.5) is 0 Å². The molecule has 3 heterocycles. The van der Waals surface area contributed by atoms with Crippen molar-refractivity contribution in [2.24, 2.45) is 0 Å². The number of thiophene rings is 1. The molecule has 1 aromatic heterocycles. The number of nitrogens with zero attached hydrogens (tertiary/aromatic N) is 2. The Morgan fingerprint density at radius 1 is 1.23 bits per heavy atom. The van der Waals surface area contributed by atoms with Crippen LogP contribution in [0.25, 0.3) is 0 Å². The fourth-order valence-electron chi connectivity index (χ4n) is 4.39. The third kappa shape index (κ3) is 4.09. The molecule has 1 unspecified atom stereocenters. The molecule has 1 aromatic carbocycles. The van der Waals surface area contributed by atoms with E-state index in [0.29, 0.717) is 19.6 Å². The molecule has 2 aliphatic heterocycles. The van der Waals surface area contributed by atoms with Gasteiger partial charge in [0.15, 0.2) is 0 Å². The van der Waals surface area contributed by atoms with E-state index in [1.54, 1.807) is 18.4 Å². The second-order valence-electron chi connectivity index (χ2n) is 8.09. The van der Waals surface area contributed by atoms with Crippen molar-refractivity contribution in [1.82, 2.24) is 15.1 Å². The summed E-state index contributed by atoms with van der Waals surface area (Å²) >= 11 is 1.76. The summed E-state index contributed by atoms with van der Waals surface area (Å²) in [5, 5.41) is 5.03. The number of carbonyl (C=O) groups excluding carboxylic acids is 2. The zero-order valence-electron chi connectivity index (χ0n) is 17.9. The first-order valence-electron chi connectivity index (χ1n) is 10.5. The Kier molecular flexibility index (Phi) is 6.11. The minimum absolute atomic E-state index is 0.0503. The van der Waals surface area contributed by atoms with Crippen LogP contribution in [0.2, 0.25) is 0 Å². The predicted molar refractivity (Wildman–Crippen MR) is 118 cm³/mol. The van der Waals surface area contributed by atoms with E-state index in [1.165, 1.54) is 21.6 Å². The summed E-state index contributed by atoms with van der Waals surface area (Å²) in [6.07, 6.45) is 1.13. The summed E-state index contributed by atoms with van der Waals surface area (Å²) in [6, 6.07) is 5.72. The van der Waals surface area contributed by atoms with Crippen LogP contribution in [0, 0.1) is 13.8 Å². The topological polar surface area (TPSA) is 61.9 Å². The molecule has 1 N–H and O–H groups in total. The zero-order chi connectivity index (χ0) is 21.3. The molecule has 0 spiro atoms. The lowest BCUT2D eigenvalue weighted by Gasteiger charge is -2.36. The number of hydrogen-bond donors (Lipinski definition) is 1. The van der Waals surface area contributed by atoms with Crippen molar-refractivity contribution < 1.29 is 14.3 Å². The minimum atomic E-state index is -0.433. The van der Waals surface area contributed by atoms with E-state index >= 15 is 0 Å². The van der Waals surface area contributed by atoms with Crippen LogP contribution < -0.4 is 10.1 Å². The van der Waals surface area contributed by atoms with Gasteiger partial charge in [0.25, 0.3) is 0 Å². The van der Waals surface area contributed by atoms with Gasteiger partial charge in [-0.1, -0.05) is 6.07 Å². The molecule has 1 atom stereocenters. The van der Waals surface area contributed by atoms with Crippen LogP contribution in [-0.2, 0) is 29.1 Å². The van der Waals surface area contributed by atoms with Gasteiger partial charge >= 0.3 is 0 Å². The van der Waals surface area contributed by atoms with Crippen molar-refractivity contribution in [3.63, 3.8) is 0 Å². The fourth-order valence-corrected chi connectivity index (χ4v) is 5.28. The molecule has 160 valence electrons. The Morgan fingerprint density at radius 2 is 2.07 bits per heavy atom. The maximum Gasteiger partial charge on any atom is 0.237 e. The average molecular weight is 428 g/mol. The van der Waals surface area contributed by atoms with E-state index < -0.39 is 6.04 Å². The number of carbonyl (C=O) groups is 2. The van der Waals surface area contributed by atoms with E-state index in [0.717, 1.165) is 30.8 Å². The first-order valence-corrected chi connectivity index (χ1v) is 11.3. The fraction of sp³-hybridized carbons (Fsp3) is 0.478. The monoisotopic (exact) mass is 427 g/mol. The highest BCUT2D eigenvalue weighted by Gasteiger charge is 2.34. The quantitative estimate of drug-likeness (QED) is 0.797. The summed E-state index contributed by atoms with van der Waals surface area (Å²) < 4.78 is 5.42. The smallest absolute Gasteiger partial charge is 0.237 e. The number of nitrogens with one attached hydrogen (secondary N) is 1. The molecule has 0 aliphatic carbocycles. The number of rotatable bonds is 5. The lowest BCUT2D eigenvalue weighted by atomic mass is 9.99. The van der Waals surface area contributed by atoms with Crippen LogP contribution in [0.15, 0.2) is 23.6 Å². The molecule has 1 fully saturated rings. The highest BCUT2D eigenvalue weighted by atomic mass is 32.1. The number of fused-ring (bicyclic) bond motifs is 1. The third-order valence-corrected chi connectivity index (χ3v) is 7.44. The van der Waals surface area contributed by atoms with E-state index in [1.807, 2.05) is 11.0 Å². The number of hydrogen-bond acceptors (Lipinski definition) is 5. The van der Waals surface area contributed by atoms with Gasteiger partial charge < -0.3 is 15.0 Å². The molecule has 0 radical (unpaired) electrons. The van der Waals surface area contributed by atoms with Gasteiger partial charge in [0, 0.05) is 37.6 Å². The molecule has 2 aliphatic rings. The van der Waals surface area contributed by atoms with Gasteiger partial charge in [-0.25, -0.2) is 0 Å². The van der Waals surface area contributed by atoms with E-state index in [2.05, 4.69) is 41.6 Å². The van der Waals surface area contributed by atoms with Crippen molar-refractivity contribution in [3.8, 4) is 5.75 Å². The first-order chi connectivity index (χ1) is 14.5. The number of methoxy groups -OCH3 is 1. The largest absolute Gasteiger partial charge is 0.496 e. The second kappa shape index (κ2) is 8.78. The molecule has 30 heavy (non-hydrogen) atoms. The van der Waals surface area contributed by atoms with Crippen molar-refractivity contribution in [3.05, 3.63) is 50.7 Å². The maximum atomic E-state index is 13.1. The summed E-state index contributed by atoms with van der Waals surface area (Å²) in [5.41, 5.74) is 4.70. The van der Waals surface area contributed by atoms with Crippen molar-refractivity contribution in [2.45, 2.75) is 45.8 Å². The maximum absolute atomic E-state index is 13.1. The van der Waals surface area contributed by atoms with Crippen molar-refractivity contribution in [2.75, 3.05) is 26.7 Å². The molecule has 2 aromatic rings. The highest BCUT2D eigenvalue weighted by Crippen LogP contribution is 2.27.